The molecule has 0 saturated carbocycles. The molecule has 3 aromatic carbocycles. The van der Waals surface area contributed by atoms with E-state index < -0.39 is 0 Å². The van der Waals surface area contributed by atoms with Crippen LogP contribution in [0.4, 0.5) is 0 Å². The smallest absolute Gasteiger partial charge is 0.0571 e. The third kappa shape index (κ3) is 6.02. The second kappa shape index (κ2) is 12.0. The zero-order chi connectivity index (χ0) is 21.2. The van der Waals surface area contributed by atoms with Crippen molar-refractivity contribution in [2.75, 3.05) is 26.2 Å². The molecule has 0 fully saturated rings. The molecule has 1 atom stereocenters. The average Bonchev–Trinajstić information content (AvgIpc) is 2.77. The van der Waals surface area contributed by atoms with Gasteiger partial charge in [-0.1, -0.05) is 61.9 Å². The normalized spacial score (nSPS) is 12.8. The van der Waals surface area contributed by atoms with E-state index >= 15 is 0 Å². The monoisotopic (exact) mass is 406 g/mol. The number of nitrogens with two attached hydrogens (primary N) is 2. The van der Waals surface area contributed by atoms with Gasteiger partial charge < -0.3 is 16.8 Å². The number of nitrogens with one attached hydrogen (secondary N) is 1. The average molecular weight is 407 g/mol. The summed E-state index contributed by atoms with van der Waals surface area (Å²) in [6.45, 7) is 6.92. The molecule has 4 heteroatoms. The fourth-order valence-corrected chi connectivity index (χ4v) is 4.30. The molecule has 0 saturated heterocycles. The van der Waals surface area contributed by atoms with E-state index in [1.165, 1.54) is 27.1 Å². The summed E-state index contributed by atoms with van der Waals surface area (Å²) in [7, 11) is 0. The maximum Gasteiger partial charge on any atom is 0.0571 e. The standard InChI is InChI=1S/C26H38N4/c1-2-10-26(28)30(17-8-7-15-27)18-9-16-29-20-25-23-13-5-3-11-21(23)19-22-12-4-6-14-24(22)25/h3-6,11-14,19,26,29H,2,7-10,15-18,20,27-28H2,1H3. The highest BCUT2D eigenvalue weighted by Gasteiger charge is 2.13. The van der Waals surface area contributed by atoms with Crippen LogP contribution in [0.5, 0.6) is 0 Å². The number of hydrogen-bond acceptors (Lipinski definition) is 4. The van der Waals surface area contributed by atoms with E-state index in [-0.39, 0.29) is 6.17 Å². The third-order valence-electron chi connectivity index (χ3n) is 5.94. The van der Waals surface area contributed by atoms with E-state index in [1.54, 1.807) is 0 Å². The predicted octanol–water partition coefficient (Wildman–Crippen LogP) is 4.60. The Bertz CT molecular complexity index is 854. The number of nitrogens with zero attached hydrogens (tertiary/aromatic N) is 1. The maximum atomic E-state index is 6.42. The Morgan fingerprint density at radius 2 is 1.53 bits per heavy atom. The summed E-state index contributed by atoms with van der Waals surface area (Å²) in [4.78, 5) is 2.44. The summed E-state index contributed by atoms with van der Waals surface area (Å²) in [5.41, 5.74) is 13.5. The molecule has 0 radical (unpaired) electrons. The van der Waals surface area contributed by atoms with Gasteiger partial charge in [-0.25, -0.2) is 0 Å². The second-order valence-electron chi connectivity index (χ2n) is 8.22. The van der Waals surface area contributed by atoms with Crippen LogP contribution in [0.1, 0.15) is 44.6 Å². The minimum atomic E-state index is 0.162. The molecule has 0 spiro atoms. The highest BCUT2D eigenvalue weighted by atomic mass is 15.2. The Hall–Kier alpha value is -1.98. The first-order valence-corrected chi connectivity index (χ1v) is 11.5. The van der Waals surface area contributed by atoms with E-state index in [4.69, 9.17) is 11.5 Å². The van der Waals surface area contributed by atoms with Crippen LogP contribution in [0.15, 0.2) is 54.6 Å². The number of rotatable bonds is 13. The van der Waals surface area contributed by atoms with Gasteiger partial charge in [0.15, 0.2) is 0 Å². The molecule has 0 aliphatic rings. The highest BCUT2D eigenvalue weighted by molar-refractivity contribution is 6.02. The van der Waals surface area contributed by atoms with Crippen molar-refractivity contribution in [3.05, 3.63) is 60.2 Å². The van der Waals surface area contributed by atoms with Crippen molar-refractivity contribution >= 4 is 21.5 Å². The molecule has 0 heterocycles. The molecule has 4 nitrogen and oxygen atoms in total. The van der Waals surface area contributed by atoms with Crippen LogP contribution in [0.2, 0.25) is 0 Å². The molecule has 0 bridgehead atoms. The Morgan fingerprint density at radius 1 is 0.900 bits per heavy atom. The molecule has 162 valence electrons. The van der Waals surface area contributed by atoms with Gasteiger partial charge in [-0.05, 0) is 78.5 Å². The van der Waals surface area contributed by atoms with Crippen LogP contribution in [0.3, 0.4) is 0 Å². The van der Waals surface area contributed by atoms with E-state index in [0.29, 0.717) is 0 Å². The van der Waals surface area contributed by atoms with Crippen LogP contribution in [-0.4, -0.2) is 37.2 Å². The fraction of sp³-hybridized carbons (Fsp3) is 0.462. The van der Waals surface area contributed by atoms with Crippen LogP contribution in [-0.2, 0) is 6.54 Å². The molecule has 0 aromatic heterocycles. The van der Waals surface area contributed by atoms with Gasteiger partial charge in [0, 0.05) is 13.1 Å². The van der Waals surface area contributed by atoms with Gasteiger partial charge in [0.1, 0.15) is 0 Å². The maximum absolute atomic E-state index is 6.42. The second-order valence-corrected chi connectivity index (χ2v) is 8.22. The third-order valence-corrected chi connectivity index (χ3v) is 5.94. The van der Waals surface area contributed by atoms with Crippen LogP contribution in [0, 0.1) is 0 Å². The van der Waals surface area contributed by atoms with Gasteiger partial charge in [0.25, 0.3) is 0 Å². The van der Waals surface area contributed by atoms with Gasteiger partial charge in [-0.3, -0.25) is 4.90 Å². The van der Waals surface area contributed by atoms with Gasteiger partial charge in [-0.15, -0.1) is 0 Å². The topological polar surface area (TPSA) is 67.3 Å². The first-order valence-electron chi connectivity index (χ1n) is 11.5. The predicted molar refractivity (Wildman–Crippen MR) is 131 cm³/mol. The van der Waals surface area contributed by atoms with E-state index in [1.807, 2.05) is 0 Å². The minimum Gasteiger partial charge on any atom is -0.330 e. The summed E-state index contributed by atoms with van der Waals surface area (Å²) in [6.07, 6.45) is 5.64. The molecule has 0 aliphatic carbocycles. The molecular formula is C26H38N4. The lowest BCUT2D eigenvalue weighted by atomic mass is 9.97. The Balaban J connectivity index is 1.59. The van der Waals surface area contributed by atoms with Gasteiger partial charge in [0.05, 0.1) is 6.17 Å². The minimum absolute atomic E-state index is 0.162. The van der Waals surface area contributed by atoms with Crippen LogP contribution >= 0.6 is 0 Å². The van der Waals surface area contributed by atoms with Crippen LogP contribution < -0.4 is 16.8 Å². The summed E-state index contributed by atoms with van der Waals surface area (Å²) in [5.74, 6) is 0. The number of benzene rings is 3. The lowest BCUT2D eigenvalue weighted by Crippen LogP contribution is -2.43. The summed E-state index contributed by atoms with van der Waals surface area (Å²) in [6, 6.07) is 19.7. The molecule has 0 amide bonds. The highest BCUT2D eigenvalue weighted by Crippen LogP contribution is 2.28. The number of hydrogen-bond donors (Lipinski definition) is 3. The first-order chi connectivity index (χ1) is 14.7. The summed E-state index contributed by atoms with van der Waals surface area (Å²) < 4.78 is 0. The summed E-state index contributed by atoms with van der Waals surface area (Å²) in [5, 5.41) is 9.00. The van der Waals surface area contributed by atoms with Crippen molar-refractivity contribution in [1.82, 2.24) is 10.2 Å². The molecule has 5 N–H and O–H groups in total. The SMILES string of the molecule is CCCC(N)N(CCCCN)CCCNCc1c2ccccc2cc2ccccc12. The lowest BCUT2D eigenvalue weighted by molar-refractivity contribution is 0.183. The van der Waals surface area contributed by atoms with Crippen molar-refractivity contribution < 1.29 is 0 Å². The first kappa shape index (κ1) is 22.7. The van der Waals surface area contributed by atoms with Gasteiger partial charge >= 0.3 is 0 Å². The Kier molecular flexibility index (Phi) is 9.09. The van der Waals surface area contributed by atoms with Crippen molar-refractivity contribution in [3.8, 4) is 0 Å². The molecule has 0 aliphatic heterocycles. The van der Waals surface area contributed by atoms with Gasteiger partial charge in [-0.2, -0.15) is 0 Å². The molecule has 3 rings (SSSR count). The molecule has 3 aromatic rings. The zero-order valence-corrected chi connectivity index (χ0v) is 18.4. The number of fused-ring (bicyclic) bond motifs is 2. The van der Waals surface area contributed by atoms with Crippen molar-refractivity contribution in [2.45, 2.75) is 51.7 Å². The Labute approximate surface area is 181 Å². The lowest BCUT2D eigenvalue weighted by Gasteiger charge is -2.28. The molecule has 30 heavy (non-hydrogen) atoms. The van der Waals surface area contributed by atoms with Gasteiger partial charge in [0.2, 0.25) is 0 Å². The fourth-order valence-electron chi connectivity index (χ4n) is 4.30. The van der Waals surface area contributed by atoms with E-state index in [9.17, 15) is 0 Å². The van der Waals surface area contributed by atoms with E-state index in [0.717, 1.165) is 64.8 Å². The van der Waals surface area contributed by atoms with E-state index in [2.05, 4.69) is 71.7 Å². The van der Waals surface area contributed by atoms with Crippen molar-refractivity contribution in [3.63, 3.8) is 0 Å². The molecular weight excluding hydrogens is 368 g/mol. The van der Waals surface area contributed by atoms with Crippen LogP contribution in [0.25, 0.3) is 21.5 Å². The number of unbranched alkanes of at least 4 members (excludes halogenated alkanes) is 1. The largest absolute Gasteiger partial charge is 0.330 e. The van der Waals surface area contributed by atoms with Crippen molar-refractivity contribution in [2.24, 2.45) is 11.5 Å². The Morgan fingerprint density at radius 3 is 2.17 bits per heavy atom. The summed E-state index contributed by atoms with van der Waals surface area (Å²) >= 11 is 0. The zero-order valence-electron chi connectivity index (χ0n) is 18.4. The van der Waals surface area contributed by atoms with Crippen molar-refractivity contribution in [1.29, 1.82) is 0 Å². The quantitative estimate of drug-likeness (QED) is 0.220. The molecule has 1 unspecified atom stereocenters.